The van der Waals surface area contributed by atoms with Crippen LogP contribution in [0.2, 0.25) is 0 Å². The Morgan fingerprint density at radius 1 is 1.14 bits per heavy atom. The molecule has 36 heavy (non-hydrogen) atoms. The minimum absolute atomic E-state index is 0.0113. The lowest BCUT2D eigenvalue weighted by Gasteiger charge is -2.28. The molecule has 0 spiro atoms. The maximum Gasteiger partial charge on any atom is 0.183 e. The smallest absolute Gasteiger partial charge is 0.183 e. The molecule has 3 heterocycles. The molecule has 0 radical (unpaired) electrons. The Kier molecular flexibility index (Phi) is 6.75. The highest BCUT2D eigenvalue weighted by atomic mass is 19.1. The van der Waals surface area contributed by atoms with Crippen molar-refractivity contribution in [1.82, 2.24) is 30.2 Å². The number of aliphatic hydroxyl groups excluding tert-OH is 1. The molecule has 1 saturated carbocycles. The van der Waals surface area contributed by atoms with Crippen LogP contribution in [0.25, 0.3) is 22.9 Å². The summed E-state index contributed by atoms with van der Waals surface area (Å²) in [6.07, 6.45) is 3.65. The monoisotopic (exact) mass is 495 g/mol. The summed E-state index contributed by atoms with van der Waals surface area (Å²) in [5.74, 6) is -0.887. The number of aliphatic hydroxyl groups is 1. The second-order valence-electron chi connectivity index (χ2n) is 9.24. The molecular weight excluding hydrogens is 468 g/mol. The first-order valence-corrected chi connectivity index (χ1v) is 11.8. The lowest BCUT2D eigenvalue weighted by Crippen LogP contribution is -2.48. The Morgan fingerprint density at radius 3 is 2.64 bits per heavy atom. The summed E-state index contributed by atoms with van der Waals surface area (Å²) in [6, 6.07) is 9.58. The fourth-order valence-corrected chi connectivity index (χ4v) is 3.94. The maximum absolute atomic E-state index is 14.7. The summed E-state index contributed by atoms with van der Waals surface area (Å²) in [5, 5.41) is 25.4. The number of benzene rings is 1. The maximum atomic E-state index is 14.7. The predicted molar refractivity (Wildman–Crippen MR) is 129 cm³/mol. The lowest BCUT2D eigenvalue weighted by atomic mass is 10.0. The van der Waals surface area contributed by atoms with E-state index in [0.717, 1.165) is 19.0 Å². The van der Waals surface area contributed by atoms with Gasteiger partial charge in [0.05, 0.1) is 24.5 Å². The minimum atomic E-state index is -0.867. The van der Waals surface area contributed by atoms with E-state index in [1.807, 2.05) is 13.8 Å². The SMILES string of the molecule is CC(C)C(Nc1nc(-c2cc(-c3ccon3)n(Cc3ccccc3F)n2)ncc1F)C(O)NC1CC1. The average Bonchev–Trinajstić information content (AvgIpc) is 3.32. The average molecular weight is 496 g/mol. The topological polar surface area (TPSA) is 114 Å². The summed E-state index contributed by atoms with van der Waals surface area (Å²) < 4.78 is 35.6. The molecule has 2 atom stereocenters. The zero-order valence-electron chi connectivity index (χ0n) is 19.9. The molecule has 0 aliphatic heterocycles. The zero-order chi connectivity index (χ0) is 25.2. The van der Waals surface area contributed by atoms with E-state index in [0.29, 0.717) is 22.6 Å². The molecular formula is C25H27F2N7O2. The number of halogens is 2. The number of nitrogens with one attached hydrogen (secondary N) is 2. The largest absolute Gasteiger partial charge is 0.376 e. The molecule has 0 amide bonds. The van der Waals surface area contributed by atoms with Crippen LogP contribution in [0.4, 0.5) is 14.6 Å². The lowest BCUT2D eigenvalue weighted by molar-refractivity contribution is 0.0973. The van der Waals surface area contributed by atoms with Gasteiger partial charge < -0.3 is 14.9 Å². The predicted octanol–water partition coefficient (Wildman–Crippen LogP) is 3.83. The number of aromatic nitrogens is 5. The molecule has 1 aliphatic carbocycles. The molecule has 1 fully saturated rings. The van der Waals surface area contributed by atoms with Crippen molar-refractivity contribution < 1.29 is 18.4 Å². The standard InChI is InChI=1S/C25H27F2N7O2/c1-14(2)22(25(35)29-16-7-8-16)30-23-18(27)12-28-24(31-23)20-11-21(19-9-10-36-33-19)34(32-20)13-15-5-3-4-6-17(15)26/h3-6,9-12,14,16,22,25,29,35H,7-8,13H2,1-2H3,(H,28,30,31). The van der Waals surface area contributed by atoms with Gasteiger partial charge in [-0.15, -0.1) is 0 Å². The molecule has 1 aliphatic rings. The summed E-state index contributed by atoms with van der Waals surface area (Å²) in [7, 11) is 0. The van der Waals surface area contributed by atoms with Crippen molar-refractivity contribution in [2.24, 2.45) is 5.92 Å². The molecule has 11 heteroatoms. The third-order valence-corrected chi connectivity index (χ3v) is 6.08. The van der Waals surface area contributed by atoms with Crippen molar-refractivity contribution in [3.63, 3.8) is 0 Å². The number of anilines is 1. The number of rotatable bonds is 10. The molecule has 9 nitrogen and oxygen atoms in total. The molecule has 3 aromatic heterocycles. The van der Waals surface area contributed by atoms with Gasteiger partial charge in [-0.1, -0.05) is 37.2 Å². The van der Waals surface area contributed by atoms with Crippen LogP contribution in [0.3, 0.4) is 0 Å². The molecule has 5 rings (SSSR count). The van der Waals surface area contributed by atoms with Crippen molar-refractivity contribution >= 4 is 5.82 Å². The van der Waals surface area contributed by atoms with Gasteiger partial charge >= 0.3 is 0 Å². The van der Waals surface area contributed by atoms with Crippen LogP contribution in [0, 0.1) is 17.6 Å². The Balaban J connectivity index is 1.47. The molecule has 188 valence electrons. The van der Waals surface area contributed by atoms with E-state index < -0.39 is 18.1 Å². The van der Waals surface area contributed by atoms with Gasteiger partial charge in [-0.3, -0.25) is 10.00 Å². The zero-order valence-corrected chi connectivity index (χ0v) is 19.9. The van der Waals surface area contributed by atoms with Gasteiger partial charge in [0.2, 0.25) is 0 Å². The second kappa shape index (κ2) is 10.1. The van der Waals surface area contributed by atoms with Gasteiger partial charge in [0.1, 0.15) is 29.7 Å². The van der Waals surface area contributed by atoms with Gasteiger partial charge in [0.15, 0.2) is 17.5 Å². The molecule has 2 unspecified atom stereocenters. The molecule has 4 aromatic rings. The fraction of sp³-hybridized carbons (Fsp3) is 0.360. The second-order valence-corrected chi connectivity index (χ2v) is 9.24. The van der Waals surface area contributed by atoms with Crippen LogP contribution >= 0.6 is 0 Å². The van der Waals surface area contributed by atoms with Crippen molar-refractivity contribution in [3.8, 4) is 22.9 Å². The first-order valence-electron chi connectivity index (χ1n) is 11.8. The van der Waals surface area contributed by atoms with Crippen molar-refractivity contribution in [1.29, 1.82) is 0 Å². The highest BCUT2D eigenvalue weighted by Gasteiger charge is 2.30. The Bertz CT molecular complexity index is 1320. The van der Waals surface area contributed by atoms with Crippen molar-refractivity contribution in [2.75, 3.05) is 5.32 Å². The first-order chi connectivity index (χ1) is 17.4. The van der Waals surface area contributed by atoms with Crippen molar-refractivity contribution in [2.45, 2.75) is 51.5 Å². The normalized spacial score (nSPS) is 15.3. The first kappa shape index (κ1) is 24.0. The number of hydrogen-bond donors (Lipinski definition) is 3. The molecule has 3 N–H and O–H groups in total. The van der Waals surface area contributed by atoms with Crippen molar-refractivity contribution in [3.05, 3.63) is 66.1 Å². The number of nitrogens with zero attached hydrogens (tertiary/aromatic N) is 5. The van der Waals surface area contributed by atoms with Gasteiger partial charge in [0, 0.05) is 17.7 Å². The van der Waals surface area contributed by atoms with E-state index in [9.17, 15) is 13.9 Å². The van der Waals surface area contributed by atoms with Gasteiger partial charge in [-0.25, -0.2) is 18.7 Å². The highest BCUT2D eigenvalue weighted by Crippen LogP contribution is 2.27. The van der Waals surface area contributed by atoms with Crippen LogP contribution in [-0.2, 0) is 6.54 Å². The number of hydrogen-bond acceptors (Lipinski definition) is 8. The van der Waals surface area contributed by atoms with E-state index >= 15 is 0 Å². The molecule has 0 saturated heterocycles. The summed E-state index contributed by atoms with van der Waals surface area (Å²) in [6.45, 7) is 4.00. The van der Waals surface area contributed by atoms with E-state index in [1.54, 1.807) is 35.0 Å². The summed E-state index contributed by atoms with van der Waals surface area (Å²) in [5.41, 5.74) is 1.86. The van der Waals surface area contributed by atoms with E-state index in [2.05, 4.69) is 30.9 Å². The van der Waals surface area contributed by atoms with Gasteiger partial charge in [-0.05, 0) is 30.9 Å². The summed E-state index contributed by atoms with van der Waals surface area (Å²) >= 11 is 0. The van der Waals surface area contributed by atoms with Crippen LogP contribution in [0.5, 0.6) is 0 Å². The quantitative estimate of drug-likeness (QED) is 0.285. The van der Waals surface area contributed by atoms with E-state index in [4.69, 9.17) is 4.52 Å². The van der Waals surface area contributed by atoms with Crippen LogP contribution in [0.1, 0.15) is 32.3 Å². The summed E-state index contributed by atoms with van der Waals surface area (Å²) in [4.78, 5) is 8.50. The third-order valence-electron chi connectivity index (χ3n) is 6.08. The highest BCUT2D eigenvalue weighted by molar-refractivity contribution is 5.63. The van der Waals surface area contributed by atoms with Crippen LogP contribution in [0.15, 0.2) is 53.4 Å². The molecule has 1 aromatic carbocycles. The Morgan fingerprint density at radius 2 is 1.94 bits per heavy atom. The van der Waals surface area contributed by atoms with E-state index in [1.165, 1.54) is 12.3 Å². The Hall–Kier alpha value is -3.70. The van der Waals surface area contributed by atoms with Crippen LogP contribution < -0.4 is 10.6 Å². The Labute approximate surface area is 206 Å². The van der Waals surface area contributed by atoms with E-state index in [-0.39, 0.29) is 36.0 Å². The van der Waals surface area contributed by atoms with Gasteiger partial charge in [-0.2, -0.15) is 5.10 Å². The minimum Gasteiger partial charge on any atom is -0.376 e. The fourth-order valence-electron chi connectivity index (χ4n) is 3.94. The molecule has 0 bridgehead atoms. The van der Waals surface area contributed by atoms with Gasteiger partial charge in [0.25, 0.3) is 0 Å². The van der Waals surface area contributed by atoms with Crippen LogP contribution in [-0.4, -0.2) is 48.3 Å². The third kappa shape index (κ3) is 5.26.